The number of rotatable bonds is 7. The van der Waals surface area contributed by atoms with Crippen LogP contribution in [0.15, 0.2) is 33.9 Å². The number of H-pyrrole nitrogens is 1. The van der Waals surface area contributed by atoms with Crippen LogP contribution >= 0.6 is 0 Å². The Hall–Kier alpha value is -2.90. The highest BCUT2D eigenvalue weighted by Gasteiger charge is 2.30. The van der Waals surface area contributed by atoms with Gasteiger partial charge in [0.2, 0.25) is 5.91 Å². The molecule has 0 aliphatic heterocycles. The van der Waals surface area contributed by atoms with Crippen LogP contribution in [0.1, 0.15) is 46.0 Å². The normalized spacial score (nSPS) is 19.9. The molecule has 0 spiro atoms. The fourth-order valence-corrected chi connectivity index (χ4v) is 4.35. The standard InChI is InChI=1S/C23H31N3O5/c1-14(2)12-19(22(29)31-3)24-20(27)16-10-8-15(9-11-16)13-26-21(28)17-6-4-5-7-18(17)25-23(26)30/h4-7,14-16,19H,8-13H2,1-3H3,(H,24,27)(H,25,30). The first kappa shape index (κ1) is 22.8. The van der Waals surface area contributed by atoms with E-state index in [4.69, 9.17) is 4.74 Å². The number of amides is 1. The minimum Gasteiger partial charge on any atom is -0.467 e. The van der Waals surface area contributed by atoms with Crippen LogP contribution in [0.3, 0.4) is 0 Å². The quantitative estimate of drug-likeness (QED) is 0.656. The number of hydrogen-bond acceptors (Lipinski definition) is 5. The summed E-state index contributed by atoms with van der Waals surface area (Å²) in [5.74, 6) is -0.336. The van der Waals surface area contributed by atoms with Gasteiger partial charge < -0.3 is 15.0 Å². The molecule has 1 fully saturated rings. The predicted molar refractivity (Wildman–Crippen MR) is 118 cm³/mol. The Labute approximate surface area is 181 Å². The molecule has 31 heavy (non-hydrogen) atoms. The molecule has 0 saturated heterocycles. The first-order chi connectivity index (χ1) is 14.8. The fourth-order valence-electron chi connectivity index (χ4n) is 4.35. The smallest absolute Gasteiger partial charge is 0.328 e. The molecule has 0 radical (unpaired) electrons. The molecule has 168 valence electrons. The van der Waals surface area contributed by atoms with Crippen LogP contribution in [0.2, 0.25) is 0 Å². The van der Waals surface area contributed by atoms with E-state index in [-0.39, 0.29) is 29.2 Å². The molecule has 1 heterocycles. The van der Waals surface area contributed by atoms with Gasteiger partial charge in [0.15, 0.2) is 0 Å². The van der Waals surface area contributed by atoms with Gasteiger partial charge in [-0.05, 0) is 56.1 Å². The Kier molecular flexibility index (Phi) is 7.30. The van der Waals surface area contributed by atoms with Crippen LogP contribution in [-0.4, -0.2) is 34.6 Å². The van der Waals surface area contributed by atoms with E-state index in [9.17, 15) is 19.2 Å². The van der Waals surface area contributed by atoms with Crippen molar-refractivity contribution in [2.75, 3.05) is 7.11 Å². The zero-order valence-corrected chi connectivity index (χ0v) is 18.3. The molecule has 1 aliphatic rings. The molecule has 8 nitrogen and oxygen atoms in total. The molecule has 1 aliphatic carbocycles. The van der Waals surface area contributed by atoms with Crippen LogP contribution in [0.4, 0.5) is 0 Å². The largest absolute Gasteiger partial charge is 0.467 e. The average molecular weight is 430 g/mol. The number of methoxy groups -OCH3 is 1. The molecular weight excluding hydrogens is 398 g/mol. The van der Waals surface area contributed by atoms with Crippen molar-refractivity contribution in [2.45, 2.75) is 58.5 Å². The van der Waals surface area contributed by atoms with Gasteiger partial charge in [0, 0.05) is 12.5 Å². The van der Waals surface area contributed by atoms with Crippen molar-refractivity contribution in [3.05, 3.63) is 45.1 Å². The number of esters is 1. The zero-order chi connectivity index (χ0) is 22.5. The highest BCUT2D eigenvalue weighted by Crippen LogP contribution is 2.30. The molecule has 2 aromatic rings. The number of para-hydroxylation sites is 1. The van der Waals surface area contributed by atoms with Crippen LogP contribution in [-0.2, 0) is 20.9 Å². The van der Waals surface area contributed by atoms with E-state index in [1.165, 1.54) is 11.7 Å². The van der Waals surface area contributed by atoms with Gasteiger partial charge in [-0.3, -0.25) is 14.2 Å². The van der Waals surface area contributed by atoms with E-state index in [0.717, 1.165) is 12.8 Å². The van der Waals surface area contributed by atoms with Crippen LogP contribution in [0.25, 0.3) is 10.9 Å². The number of aromatic amines is 1. The molecule has 1 saturated carbocycles. The van der Waals surface area contributed by atoms with Gasteiger partial charge in [-0.2, -0.15) is 0 Å². The van der Waals surface area contributed by atoms with Gasteiger partial charge >= 0.3 is 11.7 Å². The Bertz CT molecular complexity index is 1050. The van der Waals surface area contributed by atoms with Gasteiger partial charge in [-0.25, -0.2) is 9.59 Å². The zero-order valence-electron chi connectivity index (χ0n) is 18.3. The Morgan fingerprint density at radius 3 is 2.48 bits per heavy atom. The lowest BCUT2D eigenvalue weighted by Gasteiger charge is -2.29. The van der Waals surface area contributed by atoms with Crippen LogP contribution in [0, 0.1) is 17.8 Å². The third kappa shape index (κ3) is 5.42. The van der Waals surface area contributed by atoms with Gasteiger partial charge in [-0.1, -0.05) is 26.0 Å². The summed E-state index contributed by atoms with van der Waals surface area (Å²) in [5, 5.41) is 3.34. The van der Waals surface area contributed by atoms with E-state index in [2.05, 4.69) is 10.3 Å². The molecule has 3 rings (SSSR count). The van der Waals surface area contributed by atoms with Crippen molar-refractivity contribution in [2.24, 2.45) is 17.8 Å². The summed E-state index contributed by atoms with van der Waals surface area (Å²) in [6, 6.07) is 6.34. The molecule has 1 amide bonds. The lowest BCUT2D eigenvalue weighted by molar-refractivity contribution is -0.146. The summed E-state index contributed by atoms with van der Waals surface area (Å²) in [7, 11) is 1.32. The number of carbonyl (C=O) groups is 2. The Morgan fingerprint density at radius 1 is 1.16 bits per heavy atom. The highest BCUT2D eigenvalue weighted by atomic mass is 16.5. The molecule has 1 unspecified atom stereocenters. The number of nitrogens with zero attached hydrogens (tertiary/aromatic N) is 1. The van der Waals surface area contributed by atoms with Crippen molar-refractivity contribution in [1.82, 2.24) is 14.9 Å². The van der Waals surface area contributed by atoms with Crippen molar-refractivity contribution in [3.63, 3.8) is 0 Å². The second-order valence-electron chi connectivity index (χ2n) is 8.82. The maximum absolute atomic E-state index is 12.7. The predicted octanol–water partition coefficient (Wildman–Crippen LogP) is 2.20. The summed E-state index contributed by atoms with van der Waals surface area (Å²) < 4.78 is 6.09. The van der Waals surface area contributed by atoms with Gasteiger partial charge in [0.1, 0.15) is 6.04 Å². The fraction of sp³-hybridized carbons (Fsp3) is 0.565. The molecular formula is C23H31N3O5. The average Bonchev–Trinajstić information content (AvgIpc) is 2.75. The molecule has 2 N–H and O–H groups in total. The maximum atomic E-state index is 12.7. The third-order valence-electron chi connectivity index (χ3n) is 6.06. The van der Waals surface area contributed by atoms with E-state index < -0.39 is 17.7 Å². The number of hydrogen-bond donors (Lipinski definition) is 2. The number of aromatic nitrogens is 2. The maximum Gasteiger partial charge on any atom is 0.328 e. The van der Waals surface area contributed by atoms with Crippen molar-refractivity contribution >= 4 is 22.8 Å². The van der Waals surface area contributed by atoms with Gasteiger partial charge in [-0.15, -0.1) is 0 Å². The van der Waals surface area contributed by atoms with Gasteiger partial charge in [0.05, 0.1) is 18.0 Å². The summed E-state index contributed by atoms with van der Waals surface area (Å²) in [5.41, 5.74) is -0.150. The van der Waals surface area contributed by atoms with Crippen LogP contribution < -0.4 is 16.6 Å². The summed E-state index contributed by atoms with van der Waals surface area (Å²) in [6.45, 7) is 4.32. The SMILES string of the molecule is COC(=O)C(CC(C)C)NC(=O)C1CCC(Cn2c(=O)[nH]c3ccccc3c2=O)CC1. The molecule has 8 heteroatoms. The molecule has 1 atom stereocenters. The number of benzene rings is 1. The van der Waals surface area contributed by atoms with Gasteiger partial charge in [0.25, 0.3) is 5.56 Å². The Balaban J connectivity index is 1.61. The topological polar surface area (TPSA) is 110 Å². The van der Waals surface area contributed by atoms with E-state index in [1.807, 2.05) is 13.8 Å². The van der Waals surface area contributed by atoms with Crippen LogP contribution in [0.5, 0.6) is 0 Å². The second-order valence-corrected chi connectivity index (χ2v) is 8.82. The van der Waals surface area contributed by atoms with E-state index >= 15 is 0 Å². The number of ether oxygens (including phenoxy) is 1. The lowest BCUT2D eigenvalue weighted by atomic mass is 9.81. The summed E-state index contributed by atoms with van der Waals surface area (Å²) in [4.78, 5) is 52.6. The summed E-state index contributed by atoms with van der Waals surface area (Å²) in [6.07, 6.45) is 3.33. The molecule has 1 aromatic heterocycles. The van der Waals surface area contributed by atoms with Crippen molar-refractivity contribution in [3.8, 4) is 0 Å². The minimum absolute atomic E-state index is 0.129. The second kappa shape index (κ2) is 9.94. The first-order valence-electron chi connectivity index (χ1n) is 10.9. The monoisotopic (exact) mass is 429 g/mol. The third-order valence-corrected chi connectivity index (χ3v) is 6.06. The van der Waals surface area contributed by atoms with E-state index in [0.29, 0.717) is 36.7 Å². The number of carbonyl (C=O) groups excluding carboxylic acids is 2. The Morgan fingerprint density at radius 2 is 1.84 bits per heavy atom. The summed E-state index contributed by atoms with van der Waals surface area (Å²) >= 11 is 0. The highest BCUT2D eigenvalue weighted by molar-refractivity contribution is 5.85. The van der Waals surface area contributed by atoms with Crippen molar-refractivity contribution in [1.29, 1.82) is 0 Å². The number of nitrogens with one attached hydrogen (secondary N) is 2. The molecule has 0 bridgehead atoms. The molecule has 1 aromatic carbocycles. The minimum atomic E-state index is -0.634. The lowest BCUT2D eigenvalue weighted by Crippen LogP contribution is -2.45. The van der Waals surface area contributed by atoms with E-state index in [1.54, 1.807) is 24.3 Å². The number of fused-ring (bicyclic) bond motifs is 1. The first-order valence-corrected chi connectivity index (χ1v) is 10.9. The van der Waals surface area contributed by atoms with Crippen molar-refractivity contribution < 1.29 is 14.3 Å².